The summed E-state index contributed by atoms with van der Waals surface area (Å²) in [6.07, 6.45) is 17.2. The highest BCUT2D eigenvalue weighted by Gasteiger charge is 2.67. The van der Waals surface area contributed by atoms with Gasteiger partial charge in [-0.15, -0.1) is 0 Å². The Morgan fingerprint density at radius 1 is 0.923 bits per heavy atom. The van der Waals surface area contributed by atoms with E-state index < -0.39 is 11.4 Å². The fourth-order valence-corrected chi connectivity index (χ4v) is 10.5. The minimum Gasteiger partial charge on any atom is -0.504 e. The maximum absolute atomic E-state index is 13.9. The minimum absolute atomic E-state index is 0.0320. The van der Waals surface area contributed by atoms with Gasteiger partial charge in [-0.05, 0) is 135 Å². The van der Waals surface area contributed by atoms with Gasteiger partial charge in [-0.2, -0.15) is 0 Å². The summed E-state index contributed by atoms with van der Waals surface area (Å²) >= 11 is 0. The first-order valence-corrected chi connectivity index (χ1v) is 18.9. The molecule has 0 aliphatic heterocycles. The van der Waals surface area contributed by atoms with E-state index in [1.54, 1.807) is 25.3 Å². The number of esters is 2. The number of methoxy groups -OCH3 is 2. The normalized spacial score (nSPS) is 33.8. The Hall–Kier alpha value is -4.07. The van der Waals surface area contributed by atoms with E-state index in [0.29, 0.717) is 49.0 Å². The van der Waals surface area contributed by atoms with Crippen LogP contribution >= 0.6 is 0 Å². The topological polar surface area (TPSA) is 108 Å². The summed E-state index contributed by atoms with van der Waals surface area (Å²) in [5.74, 6) is 0.545. The predicted molar refractivity (Wildman–Crippen MR) is 201 cm³/mol. The number of hydrogen-bond acceptors (Lipinski definition) is 8. The number of ether oxygens (including phenoxy) is 4. The molecule has 6 rings (SSSR count). The van der Waals surface area contributed by atoms with Crippen molar-refractivity contribution in [1.29, 1.82) is 0 Å². The Morgan fingerprint density at radius 2 is 1.65 bits per heavy atom. The highest BCUT2D eigenvalue weighted by molar-refractivity contribution is 6.06. The highest BCUT2D eigenvalue weighted by atomic mass is 16.5. The van der Waals surface area contributed by atoms with Crippen molar-refractivity contribution >= 4 is 23.8 Å². The molecule has 0 heterocycles. The molecule has 5 aliphatic rings. The van der Waals surface area contributed by atoms with Crippen molar-refractivity contribution in [2.24, 2.45) is 33.0 Å². The summed E-state index contributed by atoms with van der Waals surface area (Å²) in [7, 11) is 2.92. The zero-order chi connectivity index (χ0) is 37.7. The average Bonchev–Trinajstić information content (AvgIpc) is 3.13. The molecule has 8 nitrogen and oxygen atoms in total. The van der Waals surface area contributed by atoms with Crippen LogP contribution in [0.15, 0.2) is 70.6 Å². The second-order valence-corrected chi connectivity index (χ2v) is 17.1. The quantitative estimate of drug-likeness (QED) is 0.145. The number of hydrogen-bond donors (Lipinski definition) is 1. The van der Waals surface area contributed by atoms with Crippen LogP contribution in [-0.4, -0.2) is 50.3 Å². The van der Waals surface area contributed by atoms with E-state index in [-0.39, 0.29) is 39.2 Å². The van der Waals surface area contributed by atoms with E-state index >= 15 is 0 Å². The zero-order valence-corrected chi connectivity index (χ0v) is 32.3. The van der Waals surface area contributed by atoms with Crippen LogP contribution in [0.2, 0.25) is 0 Å². The molecule has 1 aromatic rings. The molecular formula is C44H56O8. The SMILES string of the molecule is COC(=O)/C=C\c1ccc(OC)c(OCCCCOC(=O)[C@]2(C)CC[C@]3(C)CC[C@]4(C)C5=CC=C6C(=CC(=O)C(O)=C6C)[C@]5(C)CC[C@@]4(C)[C@@H]3C2)c1. The minimum atomic E-state index is -0.556. The molecule has 8 heteroatoms. The van der Waals surface area contributed by atoms with Crippen molar-refractivity contribution in [3.05, 3.63) is 76.1 Å². The van der Waals surface area contributed by atoms with E-state index in [1.807, 2.05) is 19.1 Å². The Morgan fingerprint density at radius 3 is 2.38 bits per heavy atom. The maximum Gasteiger partial charge on any atom is 0.330 e. The van der Waals surface area contributed by atoms with Crippen molar-refractivity contribution in [3.63, 3.8) is 0 Å². The Kier molecular flexibility index (Phi) is 9.95. The molecule has 280 valence electrons. The lowest BCUT2D eigenvalue weighted by atomic mass is 9.34. The van der Waals surface area contributed by atoms with E-state index in [0.717, 1.165) is 61.7 Å². The Labute approximate surface area is 309 Å². The standard InChI is InChI=1S/C44H56O8/c1-28-30-13-15-35-42(4,31(30)26-32(45)38(28)47)20-22-44(6)36-27-41(3,18-17-40(36,2)19-21-43(35,44)5)39(48)52-24-10-9-23-51-34-25-29(11-14-33(34)49-7)12-16-37(46)50-8/h11-16,25-26,36,47H,9-10,17-24,27H2,1-8H3/b16-12-/t36-,40-,41-,42+,43-,44+/m1/s1. The van der Waals surface area contributed by atoms with Crippen LogP contribution in [0.4, 0.5) is 0 Å². The number of rotatable bonds is 10. The summed E-state index contributed by atoms with van der Waals surface area (Å²) < 4.78 is 22.1. The second kappa shape index (κ2) is 13.7. The van der Waals surface area contributed by atoms with Gasteiger partial charge in [-0.3, -0.25) is 9.59 Å². The van der Waals surface area contributed by atoms with Crippen LogP contribution in [0, 0.1) is 33.0 Å². The number of aliphatic hydroxyl groups is 1. The first-order valence-electron chi connectivity index (χ1n) is 18.9. The number of carbonyl (C=O) groups excluding carboxylic acids is 3. The van der Waals surface area contributed by atoms with Crippen molar-refractivity contribution < 1.29 is 38.4 Å². The van der Waals surface area contributed by atoms with E-state index in [4.69, 9.17) is 14.2 Å². The maximum atomic E-state index is 13.9. The van der Waals surface area contributed by atoms with Gasteiger partial charge in [0.05, 0.1) is 32.8 Å². The molecule has 1 N–H and O–H groups in total. The van der Waals surface area contributed by atoms with Crippen LogP contribution in [-0.2, 0) is 23.9 Å². The van der Waals surface area contributed by atoms with Gasteiger partial charge in [0.2, 0.25) is 5.78 Å². The van der Waals surface area contributed by atoms with Gasteiger partial charge in [0.25, 0.3) is 0 Å². The number of carbonyl (C=O) groups is 3. The van der Waals surface area contributed by atoms with E-state index in [1.165, 1.54) is 18.8 Å². The summed E-state index contributed by atoms with van der Waals surface area (Å²) in [5, 5.41) is 10.5. The largest absolute Gasteiger partial charge is 0.504 e. The molecule has 0 aromatic heterocycles. The molecule has 0 unspecified atom stereocenters. The molecule has 0 spiro atoms. The van der Waals surface area contributed by atoms with Gasteiger partial charge in [0, 0.05) is 17.1 Å². The van der Waals surface area contributed by atoms with Crippen LogP contribution in [0.5, 0.6) is 11.5 Å². The third-order valence-corrected chi connectivity index (χ3v) is 14.2. The molecule has 0 saturated heterocycles. The summed E-state index contributed by atoms with van der Waals surface area (Å²) in [6, 6.07) is 5.45. The van der Waals surface area contributed by atoms with Gasteiger partial charge in [-0.1, -0.05) is 51.5 Å². The molecule has 0 amide bonds. The third-order valence-electron chi connectivity index (χ3n) is 14.2. The molecule has 3 saturated carbocycles. The predicted octanol–water partition coefficient (Wildman–Crippen LogP) is 9.21. The number of allylic oxidation sites excluding steroid dienone is 7. The number of ketones is 1. The van der Waals surface area contributed by atoms with Gasteiger partial charge in [0.15, 0.2) is 17.3 Å². The fourth-order valence-electron chi connectivity index (χ4n) is 10.5. The average molecular weight is 713 g/mol. The summed E-state index contributed by atoms with van der Waals surface area (Å²) in [4.78, 5) is 38.2. The lowest BCUT2D eigenvalue weighted by Gasteiger charge is -2.70. The Balaban J connectivity index is 1.10. The van der Waals surface area contributed by atoms with Crippen molar-refractivity contribution in [1.82, 2.24) is 0 Å². The number of benzene rings is 1. The number of aliphatic hydroxyl groups excluding tert-OH is 1. The monoisotopic (exact) mass is 712 g/mol. The highest BCUT2D eigenvalue weighted by Crippen LogP contribution is 2.75. The Bertz CT molecular complexity index is 1810. The van der Waals surface area contributed by atoms with Crippen LogP contribution < -0.4 is 9.47 Å². The third kappa shape index (κ3) is 6.14. The van der Waals surface area contributed by atoms with Crippen molar-refractivity contribution in [2.75, 3.05) is 27.4 Å². The zero-order valence-electron chi connectivity index (χ0n) is 32.3. The van der Waals surface area contributed by atoms with E-state index in [9.17, 15) is 19.5 Å². The molecule has 0 bridgehead atoms. The molecule has 3 fully saturated rings. The summed E-state index contributed by atoms with van der Waals surface area (Å²) in [5.41, 5.74) is 4.05. The van der Waals surface area contributed by atoms with Gasteiger partial charge in [0.1, 0.15) is 0 Å². The number of fused-ring (bicyclic) bond motifs is 7. The molecule has 5 aliphatic carbocycles. The fraction of sp³-hybridized carbons (Fsp3) is 0.568. The number of unbranched alkanes of at least 4 members (excludes halogenated alkanes) is 1. The van der Waals surface area contributed by atoms with Gasteiger partial charge < -0.3 is 24.1 Å². The van der Waals surface area contributed by atoms with Crippen LogP contribution in [0.25, 0.3) is 6.08 Å². The lowest BCUT2D eigenvalue weighted by Crippen LogP contribution is -2.62. The first-order chi connectivity index (χ1) is 24.5. The molecule has 0 radical (unpaired) electrons. The van der Waals surface area contributed by atoms with Crippen molar-refractivity contribution in [2.45, 2.75) is 99.3 Å². The molecule has 52 heavy (non-hydrogen) atoms. The van der Waals surface area contributed by atoms with Gasteiger partial charge in [-0.25, -0.2) is 4.79 Å². The lowest BCUT2D eigenvalue weighted by molar-refractivity contribution is -0.182. The molecular weight excluding hydrogens is 656 g/mol. The van der Waals surface area contributed by atoms with Crippen LogP contribution in [0.1, 0.15) is 105 Å². The summed E-state index contributed by atoms with van der Waals surface area (Å²) in [6.45, 7) is 14.4. The first kappa shape index (κ1) is 37.7. The second-order valence-electron chi connectivity index (χ2n) is 17.1. The van der Waals surface area contributed by atoms with Gasteiger partial charge >= 0.3 is 11.9 Å². The van der Waals surface area contributed by atoms with E-state index in [2.05, 4.69) is 51.5 Å². The van der Waals surface area contributed by atoms with Crippen molar-refractivity contribution in [3.8, 4) is 11.5 Å². The van der Waals surface area contributed by atoms with Crippen LogP contribution in [0.3, 0.4) is 0 Å². The molecule has 6 atom stereocenters. The molecule has 1 aromatic carbocycles. The smallest absolute Gasteiger partial charge is 0.330 e.